The molecule has 1 aromatic rings. The highest BCUT2D eigenvalue weighted by atomic mass is 16.2. The molecule has 0 aliphatic carbocycles. The molecule has 5 nitrogen and oxygen atoms in total. The number of carbonyl (C=O) groups is 2. The summed E-state index contributed by atoms with van der Waals surface area (Å²) in [7, 11) is 0. The summed E-state index contributed by atoms with van der Waals surface area (Å²) in [6.45, 7) is 11.2. The molecule has 0 atom stereocenters. The predicted molar refractivity (Wildman–Crippen MR) is 95.8 cm³/mol. The molecular weight excluding hydrogens is 302 g/mol. The van der Waals surface area contributed by atoms with Crippen molar-refractivity contribution in [3.05, 3.63) is 35.4 Å². The van der Waals surface area contributed by atoms with Gasteiger partial charge in [-0.25, -0.2) is 0 Å². The molecule has 0 spiro atoms. The lowest BCUT2D eigenvalue weighted by Crippen LogP contribution is -2.53. The highest BCUT2D eigenvalue weighted by molar-refractivity contribution is 5.79. The summed E-state index contributed by atoms with van der Waals surface area (Å²) in [6.07, 6.45) is 0.449. The van der Waals surface area contributed by atoms with Crippen molar-refractivity contribution in [2.24, 2.45) is 0 Å². The fourth-order valence-electron chi connectivity index (χ4n) is 2.81. The van der Waals surface area contributed by atoms with Crippen molar-refractivity contribution >= 4 is 11.8 Å². The van der Waals surface area contributed by atoms with Gasteiger partial charge < -0.3 is 10.2 Å². The van der Waals surface area contributed by atoms with Gasteiger partial charge in [-0.2, -0.15) is 0 Å². The van der Waals surface area contributed by atoms with Crippen LogP contribution in [-0.2, 0) is 16.0 Å². The van der Waals surface area contributed by atoms with E-state index in [1.54, 1.807) is 0 Å². The minimum absolute atomic E-state index is 0.0435. The molecule has 24 heavy (non-hydrogen) atoms. The maximum absolute atomic E-state index is 12.4. The Balaban J connectivity index is 1.76. The van der Waals surface area contributed by atoms with Crippen LogP contribution >= 0.6 is 0 Å². The van der Waals surface area contributed by atoms with Gasteiger partial charge in [-0.05, 0) is 33.3 Å². The van der Waals surface area contributed by atoms with Gasteiger partial charge in [0.15, 0.2) is 0 Å². The number of aryl methyl sites for hydroxylation is 1. The summed E-state index contributed by atoms with van der Waals surface area (Å²) in [5.41, 5.74) is 2.05. The van der Waals surface area contributed by atoms with Gasteiger partial charge in [0.05, 0.1) is 13.0 Å². The van der Waals surface area contributed by atoms with Crippen LogP contribution in [0.4, 0.5) is 0 Å². The first-order valence-electron chi connectivity index (χ1n) is 8.60. The third-order valence-electron chi connectivity index (χ3n) is 4.08. The number of carbonyl (C=O) groups excluding carboxylic acids is 2. The summed E-state index contributed by atoms with van der Waals surface area (Å²) in [5, 5.41) is 2.98. The van der Waals surface area contributed by atoms with Gasteiger partial charge >= 0.3 is 0 Å². The highest BCUT2D eigenvalue weighted by Crippen LogP contribution is 2.09. The smallest absolute Gasteiger partial charge is 0.234 e. The standard InChI is InChI=1S/C19H29N3O2/c1-15-5-7-16(8-6-15)13-18(24)22-11-9-21(10-12-22)14-17(23)20-19(2,3)4/h5-8H,9-14H2,1-4H3,(H,20,23). The van der Waals surface area contributed by atoms with Crippen molar-refractivity contribution in [1.29, 1.82) is 0 Å². The van der Waals surface area contributed by atoms with Gasteiger partial charge in [0.1, 0.15) is 0 Å². The summed E-state index contributed by atoms with van der Waals surface area (Å²) < 4.78 is 0. The Hall–Kier alpha value is -1.88. The van der Waals surface area contributed by atoms with Gasteiger partial charge in [0.2, 0.25) is 11.8 Å². The van der Waals surface area contributed by atoms with Crippen molar-refractivity contribution < 1.29 is 9.59 Å². The van der Waals surface area contributed by atoms with Crippen molar-refractivity contribution in [2.45, 2.75) is 39.7 Å². The molecule has 0 unspecified atom stereocenters. The number of nitrogens with one attached hydrogen (secondary N) is 1. The predicted octanol–water partition coefficient (Wildman–Crippen LogP) is 1.60. The van der Waals surface area contributed by atoms with E-state index < -0.39 is 0 Å². The van der Waals surface area contributed by atoms with E-state index in [1.807, 2.05) is 56.9 Å². The largest absolute Gasteiger partial charge is 0.350 e. The van der Waals surface area contributed by atoms with Crippen molar-refractivity contribution in [3.8, 4) is 0 Å². The third-order valence-corrected chi connectivity index (χ3v) is 4.08. The first-order chi connectivity index (χ1) is 11.2. The van der Waals surface area contributed by atoms with Crippen LogP contribution < -0.4 is 5.32 Å². The molecule has 0 bridgehead atoms. The minimum Gasteiger partial charge on any atom is -0.350 e. The summed E-state index contributed by atoms with van der Waals surface area (Å²) in [5.74, 6) is 0.208. The van der Waals surface area contributed by atoms with Crippen LogP contribution in [0.3, 0.4) is 0 Å². The van der Waals surface area contributed by atoms with Gasteiger partial charge in [-0.1, -0.05) is 29.8 Å². The summed E-state index contributed by atoms with van der Waals surface area (Å²) >= 11 is 0. The van der Waals surface area contributed by atoms with Crippen LogP contribution in [0.5, 0.6) is 0 Å². The molecule has 5 heteroatoms. The zero-order chi connectivity index (χ0) is 17.7. The van der Waals surface area contributed by atoms with E-state index in [1.165, 1.54) is 5.56 Å². The van der Waals surface area contributed by atoms with Gasteiger partial charge in [0, 0.05) is 31.7 Å². The SMILES string of the molecule is Cc1ccc(CC(=O)N2CCN(CC(=O)NC(C)(C)C)CC2)cc1. The molecule has 1 fully saturated rings. The zero-order valence-corrected chi connectivity index (χ0v) is 15.3. The third kappa shape index (κ3) is 5.96. The average molecular weight is 331 g/mol. The van der Waals surface area contributed by atoms with E-state index >= 15 is 0 Å². The Bertz CT molecular complexity index is 567. The molecule has 0 aromatic heterocycles. The molecule has 0 radical (unpaired) electrons. The summed E-state index contributed by atoms with van der Waals surface area (Å²) in [4.78, 5) is 28.4. The molecule has 1 aliphatic rings. The summed E-state index contributed by atoms with van der Waals surface area (Å²) in [6, 6.07) is 8.10. The molecule has 2 amide bonds. The number of rotatable bonds is 4. The topological polar surface area (TPSA) is 52.7 Å². The number of amides is 2. The lowest BCUT2D eigenvalue weighted by atomic mass is 10.1. The molecule has 1 aliphatic heterocycles. The lowest BCUT2D eigenvalue weighted by molar-refractivity contribution is -0.132. The molecule has 2 rings (SSSR count). The number of hydrogen-bond acceptors (Lipinski definition) is 3. The van der Waals surface area contributed by atoms with Gasteiger partial charge in [-0.3, -0.25) is 14.5 Å². The number of benzene rings is 1. The lowest BCUT2D eigenvalue weighted by Gasteiger charge is -2.35. The van der Waals surface area contributed by atoms with Crippen molar-refractivity contribution in [3.63, 3.8) is 0 Å². The van der Waals surface area contributed by atoms with Crippen molar-refractivity contribution in [1.82, 2.24) is 15.1 Å². The Kier molecular flexibility index (Phi) is 5.99. The zero-order valence-electron chi connectivity index (χ0n) is 15.3. The highest BCUT2D eigenvalue weighted by Gasteiger charge is 2.23. The first kappa shape index (κ1) is 18.5. The van der Waals surface area contributed by atoms with Crippen molar-refractivity contribution in [2.75, 3.05) is 32.7 Å². The van der Waals surface area contributed by atoms with Gasteiger partial charge in [-0.15, -0.1) is 0 Å². The van der Waals surface area contributed by atoms with E-state index in [0.717, 1.165) is 18.7 Å². The second kappa shape index (κ2) is 7.79. The quantitative estimate of drug-likeness (QED) is 0.912. The minimum atomic E-state index is -0.205. The monoisotopic (exact) mass is 331 g/mol. The Labute approximate surface area is 145 Å². The van der Waals surface area contributed by atoms with E-state index in [4.69, 9.17) is 0 Å². The van der Waals surface area contributed by atoms with Crippen LogP contribution in [0.25, 0.3) is 0 Å². The number of piperazine rings is 1. The number of nitrogens with zero attached hydrogens (tertiary/aromatic N) is 2. The molecular formula is C19H29N3O2. The second-order valence-electron chi connectivity index (χ2n) is 7.62. The molecule has 1 saturated heterocycles. The fourth-order valence-corrected chi connectivity index (χ4v) is 2.81. The molecule has 1 N–H and O–H groups in total. The second-order valence-corrected chi connectivity index (χ2v) is 7.62. The van der Waals surface area contributed by atoms with Gasteiger partial charge in [0.25, 0.3) is 0 Å². The molecule has 1 heterocycles. The van der Waals surface area contributed by atoms with E-state index in [0.29, 0.717) is 26.1 Å². The van der Waals surface area contributed by atoms with Crippen LogP contribution in [0.15, 0.2) is 24.3 Å². The molecule has 0 saturated carbocycles. The molecule has 1 aromatic carbocycles. The van der Waals surface area contributed by atoms with Crippen LogP contribution in [-0.4, -0.2) is 59.9 Å². The Morgan fingerprint density at radius 1 is 1.04 bits per heavy atom. The fraction of sp³-hybridized carbons (Fsp3) is 0.579. The van der Waals surface area contributed by atoms with E-state index in [9.17, 15) is 9.59 Å². The molecule has 132 valence electrons. The van der Waals surface area contributed by atoms with Crippen LogP contribution in [0.1, 0.15) is 31.9 Å². The van der Waals surface area contributed by atoms with E-state index in [2.05, 4.69) is 10.2 Å². The maximum Gasteiger partial charge on any atom is 0.234 e. The van der Waals surface area contributed by atoms with Crippen LogP contribution in [0, 0.1) is 6.92 Å². The Morgan fingerprint density at radius 3 is 2.17 bits per heavy atom. The Morgan fingerprint density at radius 2 is 1.62 bits per heavy atom. The number of hydrogen-bond donors (Lipinski definition) is 1. The maximum atomic E-state index is 12.4. The first-order valence-corrected chi connectivity index (χ1v) is 8.60. The average Bonchev–Trinajstić information content (AvgIpc) is 2.48. The normalized spacial score (nSPS) is 16.1. The van der Waals surface area contributed by atoms with E-state index in [-0.39, 0.29) is 17.4 Å². The van der Waals surface area contributed by atoms with Crippen LogP contribution in [0.2, 0.25) is 0 Å².